The number of benzene rings is 6. The van der Waals surface area contributed by atoms with Crippen LogP contribution in [0.2, 0.25) is 0 Å². The number of unbranched alkanes of at least 4 members (excludes halogenated alkanes) is 8. The Labute approximate surface area is 594 Å². The number of halogens is 6. The molecule has 0 saturated heterocycles. The summed E-state index contributed by atoms with van der Waals surface area (Å²) in [5.41, 5.74) is 5.89. The summed E-state index contributed by atoms with van der Waals surface area (Å²) in [6.45, 7) is 30.0. The van der Waals surface area contributed by atoms with Crippen molar-refractivity contribution in [2.24, 2.45) is 0 Å². The first-order valence-electron chi connectivity index (χ1n) is 35.0. The summed E-state index contributed by atoms with van der Waals surface area (Å²) < 4.78 is 62.1. The Kier molecular flexibility index (Phi) is 39.4. The average Bonchev–Trinajstić information content (AvgIpc) is 0.790. The molecule has 8 N–H and O–H groups in total. The maximum absolute atomic E-state index is 12.1. The number of hydrogen-bond acceptors (Lipinski definition) is 8. The largest absolute Gasteiger partial charge is 0.323 e. The molecule has 0 spiro atoms. The first-order chi connectivity index (χ1) is 48.0. The second-order valence-corrected chi connectivity index (χ2v) is 26.8. The van der Waals surface area contributed by atoms with Gasteiger partial charge in [-0.15, -0.1) is 0 Å². The van der Waals surface area contributed by atoms with E-state index in [9.17, 15) is 43.8 Å². The molecule has 0 aliphatic carbocycles. The van der Waals surface area contributed by atoms with Crippen LogP contribution in [0, 0.1) is 45.3 Å². The summed E-state index contributed by atoms with van der Waals surface area (Å²) in [7, 11) is -10.8. The second kappa shape index (κ2) is 45.7. The third kappa shape index (κ3) is 41.3. The SMILES string of the molecule is CCCC[N+](CCCC)(CCCC)CCCC.CCCC[N+](CCCC)(CCCC)CCCC.F[Si-2](F)(F)(F)(F)F.N#Cc1cccc(NC(=O)Nc2ccc(NC(=O)Nc3cccc(C#N)c3)cc2)c1.N#Cc1cccc(NC(=O)Nc2ccc(NC(=O)Nc3cccc(C#N)c3)cc2)c1. The molecule has 0 unspecified atom stereocenters. The zero-order chi connectivity index (χ0) is 75.1. The monoisotopic (exact) mass is 1420 g/mol. The molecule has 0 fully saturated rings. The van der Waals surface area contributed by atoms with Crippen molar-refractivity contribution in [2.75, 3.05) is 94.9 Å². The molecule has 6 aromatic carbocycles. The predicted octanol–water partition coefficient (Wildman–Crippen LogP) is 21.6. The van der Waals surface area contributed by atoms with Gasteiger partial charge in [-0.3, -0.25) is 0 Å². The van der Waals surface area contributed by atoms with Crippen LogP contribution >= 0.6 is 0 Å². The van der Waals surface area contributed by atoms with Crippen LogP contribution in [-0.4, -0.2) is 94.1 Å². The maximum Gasteiger partial charge on any atom is 0.323 e. The Bertz CT molecular complexity index is 3140. The molecule has 548 valence electrons. The van der Waals surface area contributed by atoms with E-state index in [2.05, 4.69) is 97.9 Å². The fraction of sp³-hybridized carbons (Fsp3) is 0.421. The predicted molar refractivity (Wildman–Crippen MR) is 399 cm³/mol. The van der Waals surface area contributed by atoms with Crippen LogP contribution in [0.4, 0.5) is 89.3 Å². The number of nitrogens with one attached hydrogen (secondary N) is 8. The van der Waals surface area contributed by atoms with E-state index in [0.29, 0.717) is 67.8 Å². The molecule has 18 nitrogen and oxygen atoms in total. The first kappa shape index (κ1) is 87.2. The van der Waals surface area contributed by atoms with Crippen molar-refractivity contribution in [1.29, 1.82) is 21.0 Å². The maximum atomic E-state index is 12.1. The third-order valence-corrected chi connectivity index (χ3v) is 15.7. The summed E-state index contributed by atoms with van der Waals surface area (Å²) in [6, 6.07) is 45.6. The van der Waals surface area contributed by atoms with Gasteiger partial charge in [0.1, 0.15) is 0 Å². The number of rotatable bonds is 32. The summed E-state index contributed by atoms with van der Waals surface area (Å²) >= 11 is 0. The Morgan fingerprint density at radius 2 is 0.436 bits per heavy atom. The minimum absolute atomic E-state index is 0.445. The fourth-order valence-electron chi connectivity index (χ4n) is 10.4. The van der Waals surface area contributed by atoms with E-state index >= 15 is 0 Å². The molecule has 8 amide bonds. The summed E-state index contributed by atoms with van der Waals surface area (Å²) in [5, 5.41) is 56.9. The van der Waals surface area contributed by atoms with Crippen LogP contribution in [0.5, 0.6) is 0 Å². The van der Waals surface area contributed by atoms with Crippen molar-refractivity contribution in [3.8, 4) is 24.3 Å². The molecule has 0 saturated carbocycles. The summed E-state index contributed by atoms with van der Waals surface area (Å²) in [6.07, 6.45) is 22.1. The van der Waals surface area contributed by atoms with Gasteiger partial charge in [-0.05, 0) is 173 Å². The number of quaternary nitrogens is 2. The molecule has 0 heterocycles. The van der Waals surface area contributed by atoms with E-state index in [1.54, 1.807) is 146 Å². The van der Waals surface area contributed by atoms with Gasteiger partial charge in [0.2, 0.25) is 0 Å². The van der Waals surface area contributed by atoms with E-state index in [0.717, 1.165) is 0 Å². The standard InChI is InChI=1S/2C22H16N6O2.2C16H36N.F6Si/c2*23-13-15-3-1-5-19(11-15)27-21(29)25-17-7-9-18(10-8-17)26-22(30)28-20-6-2-4-16(12-20)14-24;2*1-5-9-13-17(14-10-6-2,15-11-7-3)16-12-8-4;1-7(2,3,4,5)6/h2*1-12H,(H2,25,27,29)(H2,26,28,30);2*5-16H2,1-4H3;/q;;2*+1;-2. The minimum atomic E-state index is -10.8. The van der Waals surface area contributed by atoms with Crippen molar-refractivity contribution < 1.29 is 52.8 Å². The molecule has 0 aromatic heterocycles. The number of carbonyl (C=O) groups excluding carboxylic acids is 4. The number of anilines is 8. The van der Waals surface area contributed by atoms with Gasteiger partial charge in [0, 0.05) is 45.5 Å². The van der Waals surface area contributed by atoms with Crippen molar-refractivity contribution in [1.82, 2.24) is 0 Å². The van der Waals surface area contributed by atoms with E-state index in [1.165, 1.54) is 164 Å². The van der Waals surface area contributed by atoms with Gasteiger partial charge >= 0.3 is 57.4 Å². The molecule has 0 bridgehead atoms. The number of urea groups is 4. The summed E-state index contributed by atoms with van der Waals surface area (Å²) in [4.78, 5) is 48.4. The van der Waals surface area contributed by atoms with Crippen LogP contribution < -0.4 is 42.5 Å². The van der Waals surface area contributed by atoms with Crippen LogP contribution in [0.3, 0.4) is 0 Å². The molecule has 6 aromatic rings. The quantitative estimate of drug-likeness (QED) is 0.00870. The zero-order valence-corrected chi connectivity index (χ0v) is 60.9. The van der Waals surface area contributed by atoms with Gasteiger partial charge in [0.25, 0.3) is 0 Å². The second-order valence-electron chi connectivity index (χ2n) is 24.6. The number of carbonyl (C=O) groups is 4. The molecule has 0 aliphatic rings. The first-order valence-corrected chi connectivity index (χ1v) is 37.2. The fourth-order valence-corrected chi connectivity index (χ4v) is 10.4. The van der Waals surface area contributed by atoms with Gasteiger partial charge in [0.15, 0.2) is 0 Å². The number of nitriles is 4. The summed E-state index contributed by atoms with van der Waals surface area (Å²) in [5.74, 6) is 0. The molecule has 6 rings (SSSR count). The van der Waals surface area contributed by atoms with Crippen molar-refractivity contribution >= 4 is 78.3 Å². The van der Waals surface area contributed by atoms with Crippen LogP contribution in [0.15, 0.2) is 146 Å². The molecule has 0 atom stereocenters. The van der Waals surface area contributed by atoms with Crippen molar-refractivity contribution in [3.05, 3.63) is 168 Å². The Morgan fingerprint density at radius 1 is 0.287 bits per heavy atom. The van der Waals surface area contributed by atoms with Crippen LogP contribution in [0.1, 0.15) is 180 Å². The molecule has 101 heavy (non-hydrogen) atoms. The zero-order valence-electron chi connectivity index (χ0n) is 59.9. The van der Waals surface area contributed by atoms with Crippen molar-refractivity contribution in [2.45, 2.75) is 158 Å². The van der Waals surface area contributed by atoms with Gasteiger partial charge in [-0.1, -0.05) is 131 Å². The van der Waals surface area contributed by atoms with Gasteiger partial charge < -0.3 is 51.5 Å². The van der Waals surface area contributed by atoms with Crippen LogP contribution in [0.25, 0.3) is 0 Å². The number of amides is 8. The van der Waals surface area contributed by atoms with Gasteiger partial charge in [-0.2, -0.15) is 21.0 Å². The molecule has 0 radical (unpaired) electrons. The number of hydrogen-bond donors (Lipinski definition) is 8. The Balaban J connectivity index is 0.000000458. The van der Waals surface area contributed by atoms with Crippen LogP contribution in [-0.2, 0) is 0 Å². The van der Waals surface area contributed by atoms with Gasteiger partial charge in [0.05, 0.1) is 98.9 Å². The smallest absolute Gasteiger partial charge is 0.308 e. The van der Waals surface area contributed by atoms with E-state index in [1.807, 2.05) is 24.3 Å². The third-order valence-electron chi connectivity index (χ3n) is 15.7. The molecule has 0 aliphatic heterocycles. The minimum Gasteiger partial charge on any atom is -0.308 e. The van der Waals surface area contributed by atoms with E-state index in [4.69, 9.17) is 21.0 Å². The van der Waals surface area contributed by atoms with Gasteiger partial charge in [-0.25, -0.2) is 19.2 Å². The normalized spacial score (nSPS) is 11.3. The molecular formula is C76H104F6N14O4Si. The number of nitrogens with zero attached hydrogens (tertiary/aromatic N) is 6. The molecule has 25 heteroatoms. The van der Waals surface area contributed by atoms with Crippen molar-refractivity contribution in [3.63, 3.8) is 0 Å². The molecular weight excluding hydrogens is 1320 g/mol. The topological polar surface area (TPSA) is 260 Å². The Hall–Kier alpha value is -9.92. The Morgan fingerprint density at radius 3 is 0.574 bits per heavy atom. The van der Waals surface area contributed by atoms with E-state index < -0.39 is 32.8 Å². The van der Waals surface area contributed by atoms with E-state index in [-0.39, 0.29) is 0 Å². The average molecular weight is 1420 g/mol.